The highest BCUT2D eigenvalue weighted by atomic mass is 16.2. The topological polar surface area (TPSA) is 75.7 Å². The average Bonchev–Trinajstić information content (AvgIpc) is 2.16. The summed E-state index contributed by atoms with van der Waals surface area (Å²) >= 11 is 0. The largest absolute Gasteiger partial charge is 0.404 e. The number of nitrogens with two attached hydrogens (primary N) is 1. The molecule has 0 amide bonds. The SMILES string of the molecule is NC=C(C=NCC=O)CCCCO. The van der Waals surface area contributed by atoms with Crippen LogP contribution in [0.2, 0.25) is 0 Å². The summed E-state index contributed by atoms with van der Waals surface area (Å²) in [7, 11) is 0. The Hall–Kier alpha value is -1.16. The molecule has 0 radical (unpaired) electrons. The fourth-order valence-electron chi connectivity index (χ4n) is 0.845. The molecule has 0 fully saturated rings. The molecule has 4 heteroatoms. The molecule has 0 aromatic carbocycles. The fourth-order valence-corrected chi connectivity index (χ4v) is 0.845. The van der Waals surface area contributed by atoms with Crippen LogP contribution in [0, 0.1) is 0 Å². The first kappa shape index (κ1) is 11.8. The molecule has 0 aliphatic rings. The van der Waals surface area contributed by atoms with Gasteiger partial charge in [-0.1, -0.05) is 0 Å². The van der Waals surface area contributed by atoms with E-state index in [0.29, 0.717) is 0 Å². The van der Waals surface area contributed by atoms with E-state index in [1.54, 1.807) is 6.21 Å². The van der Waals surface area contributed by atoms with Gasteiger partial charge in [-0.25, -0.2) is 0 Å². The zero-order chi connectivity index (χ0) is 9.94. The van der Waals surface area contributed by atoms with Crippen LogP contribution in [0.25, 0.3) is 0 Å². The second-order valence-electron chi connectivity index (χ2n) is 2.58. The minimum atomic E-state index is 0.178. The van der Waals surface area contributed by atoms with Crippen LogP contribution in [-0.4, -0.2) is 30.8 Å². The van der Waals surface area contributed by atoms with E-state index in [2.05, 4.69) is 4.99 Å². The molecule has 0 saturated heterocycles. The van der Waals surface area contributed by atoms with E-state index in [0.717, 1.165) is 31.1 Å². The lowest BCUT2D eigenvalue weighted by molar-refractivity contribution is -0.106. The highest BCUT2D eigenvalue weighted by Gasteiger charge is 1.92. The van der Waals surface area contributed by atoms with Crippen molar-refractivity contribution < 1.29 is 9.90 Å². The van der Waals surface area contributed by atoms with Gasteiger partial charge >= 0.3 is 0 Å². The lowest BCUT2D eigenvalue weighted by Gasteiger charge is -1.98. The fraction of sp³-hybridized carbons (Fsp3) is 0.556. The van der Waals surface area contributed by atoms with Crippen molar-refractivity contribution in [2.45, 2.75) is 19.3 Å². The first-order chi connectivity index (χ1) is 6.35. The Balaban J connectivity index is 3.70. The Morgan fingerprint density at radius 2 is 2.23 bits per heavy atom. The summed E-state index contributed by atoms with van der Waals surface area (Å²) in [5, 5.41) is 8.54. The van der Waals surface area contributed by atoms with E-state index >= 15 is 0 Å². The quantitative estimate of drug-likeness (QED) is 0.338. The second-order valence-corrected chi connectivity index (χ2v) is 2.58. The van der Waals surface area contributed by atoms with Crippen molar-refractivity contribution in [2.24, 2.45) is 10.7 Å². The van der Waals surface area contributed by atoms with Gasteiger partial charge in [0.1, 0.15) is 6.29 Å². The number of hydrogen-bond acceptors (Lipinski definition) is 4. The third kappa shape index (κ3) is 7.21. The van der Waals surface area contributed by atoms with E-state index in [1.807, 2.05) is 0 Å². The smallest absolute Gasteiger partial charge is 0.141 e. The number of aliphatic imine (C=N–C) groups is 1. The molecule has 0 aromatic heterocycles. The molecule has 0 aliphatic carbocycles. The van der Waals surface area contributed by atoms with Crippen LogP contribution in [0.1, 0.15) is 19.3 Å². The molecule has 0 rings (SSSR count). The Kier molecular flexibility index (Phi) is 8.14. The van der Waals surface area contributed by atoms with Gasteiger partial charge in [-0.15, -0.1) is 0 Å². The van der Waals surface area contributed by atoms with Crippen molar-refractivity contribution in [3.8, 4) is 0 Å². The Labute approximate surface area is 78.2 Å². The summed E-state index contributed by atoms with van der Waals surface area (Å²) < 4.78 is 0. The molecule has 0 saturated carbocycles. The number of nitrogens with zero attached hydrogens (tertiary/aromatic N) is 1. The van der Waals surface area contributed by atoms with E-state index in [-0.39, 0.29) is 13.2 Å². The van der Waals surface area contributed by atoms with Crippen LogP contribution in [0.3, 0.4) is 0 Å². The van der Waals surface area contributed by atoms with Gasteiger partial charge in [0, 0.05) is 12.8 Å². The molecule has 0 heterocycles. The number of rotatable bonds is 7. The maximum atomic E-state index is 9.94. The molecule has 3 N–H and O–H groups in total. The Morgan fingerprint density at radius 3 is 2.77 bits per heavy atom. The zero-order valence-corrected chi connectivity index (χ0v) is 7.65. The molecule has 13 heavy (non-hydrogen) atoms. The van der Waals surface area contributed by atoms with E-state index in [4.69, 9.17) is 10.8 Å². The van der Waals surface area contributed by atoms with Gasteiger partial charge in [0.2, 0.25) is 0 Å². The highest BCUT2D eigenvalue weighted by Crippen LogP contribution is 2.03. The number of aliphatic hydroxyl groups excluding tert-OH is 1. The van der Waals surface area contributed by atoms with Crippen molar-refractivity contribution in [2.75, 3.05) is 13.2 Å². The van der Waals surface area contributed by atoms with Gasteiger partial charge in [-0.3, -0.25) is 4.99 Å². The van der Waals surface area contributed by atoms with Crippen molar-refractivity contribution in [3.05, 3.63) is 11.8 Å². The Bertz CT molecular complexity index is 188. The van der Waals surface area contributed by atoms with Gasteiger partial charge in [0.05, 0.1) is 6.54 Å². The number of aliphatic hydroxyl groups is 1. The minimum Gasteiger partial charge on any atom is -0.404 e. The monoisotopic (exact) mass is 184 g/mol. The number of allylic oxidation sites excluding steroid dienone is 1. The summed E-state index contributed by atoms with van der Waals surface area (Å²) in [5.41, 5.74) is 6.23. The van der Waals surface area contributed by atoms with Crippen LogP contribution in [0.15, 0.2) is 16.8 Å². The predicted octanol–water partition coefficient (Wildman–Crippen LogP) is 0.261. The predicted molar refractivity (Wildman–Crippen MR) is 52.6 cm³/mol. The standard InChI is InChI=1S/C9H16N2O2/c10-7-9(3-1-2-5-12)8-11-4-6-13/h6-8,12H,1-5,10H2. The summed E-state index contributed by atoms with van der Waals surface area (Å²) in [6.45, 7) is 0.376. The van der Waals surface area contributed by atoms with Crippen molar-refractivity contribution in [1.82, 2.24) is 0 Å². The second kappa shape index (κ2) is 8.93. The summed E-state index contributed by atoms with van der Waals surface area (Å²) in [6.07, 6.45) is 6.25. The molecule has 0 unspecified atom stereocenters. The van der Waals surface area contributed by atoms with Crippen molar-refractivity contribution in [1.29, 1.82) is 0 Å². The summed E-state index contributed by atoms with van der Waals surface area (Å²) in [6, 6.07) is 0. The van der Waals surface area contributed by atoms with E-state index < -0.39 is 0 Å². The van der Waals surface area contributed by atoms with E-state index in [9.17, 15) is 4.79 Å². The summed E-state index contributed by atoms with van der Waals surface area (Å²) in [4.78, 5) is 13.8. The summed E-state index contributed by atoms with van der Waals surface area (Å²) in [5.74, 6) is 0. The molecule has 74 valence electrons. The van der Waals surface area contributed by atoms with Gasteiger partial charge in [0.25, 0.3) is 0 Å². The molecular formula is C9H16N2O2. The molecule has 0 aromatic rings. The number of carbonyl (C=O) groups excluding carboxylic acids is 1. The van der Waals surface area contributed by atoms with Crippen molar-refractivity contribution >= 4 is 12.5 Å². The molecule has 0 bridgehead atoms. The van der Waals surface area contributed by atoms with Crippen LogP contribution < -0.4 is 5.73 Å². The molecule has 4 nitrogen and oxygen atoms in total. The van der Waals surface area contributed by atoms with Crippen LogP contribution in [-0.2, 0) is 4.79 Å². The average molecular weight is 184 g/mol. The minimum absolute atomic E-state index is 0.178. The third-order valence-electron chi connectivity index (χ3n) is 1.52. The Morgan fingerprint density at radius 1 is 1.46 bits per heavy atom. The molecule has 0 aliphatic heterocycles. The maximum absolute atomic E-state index is 9.94. The number of unbranched alkanes of at least 4 members (excludes halogenated alkanes) is 1. The lowest BCUT2D eigenvalue weighted by Crippen LogP contribution is -1.94. The number of carbonyl (C=O) groups is 1. The van der Waals surface area contributed by atoms with Crippen LogP contribution in [0.5, 0.6) is 0 Å². The number of aldehydes is 1. The maximum Gasteiger partial charge on any atom is 0.141 e. The molecule has 0 spiro atoms. The van der Waals surface area contributed by atoms with Gasteiger partial charge in [-0.05, 0) is 31.0 Å². The van der Waals surface area contributed by atoms with Crippen LogP contribution in [0.4, 0.5) is 0 Å². The highest BCUT2D eigenvalue weighted by molar-refractivity contribution is 5.79. The lowest BCUT2D eigenvalue weighted by atomic mass is 10.1. The first-order valence-electron chi connectivity index (χ1n) is 4.30. The first-order valence-corrected chi connectivity index (χ1v) is 4.30. The van der Waals surface area contributed by atoms with Gasteiger partial charge in [0.15, 0.2) is 0 Å². The molecular weight excluding hydrogens is 168 g/mol. The van der Waals surface area contributed by atoms with Crippen molar-refractivity contribution in [3.63, 3.8) is 0 Å². The van der Waals surface area contributed by atoms with Gasteiger partial charge < -0.3 is 15.6 Å². The van der Waals surface area contributed by atoms with Crippen LogP contribution >= 0.6 is 0 Å². The number of hydrogen-bond donors (Lipinski definition) is 2. The third-order valence-corrected chi connectivity index (χ3v) is 1.52. The van der Waals surface area contributed by atoms with Gasteiger partial charge in [-0.2, -0.15) is 0 Å². The normalized spacial score (nSPS) is 12.2. The van der Waals surface area contributed by atoms with E-state index in [1.165, 1.54) is 6.20 Å². The zero-order valence-electron chi connectivity index (χ0n) is 7.65. The molecule has 0 atom stereocenters.